The Morgan fingerprint density at radius 3 is 2.69 bits per heavy atom. The van der Waals surface area contributed by atoms with Gasteiger partial charge >= 0.3 is 0 Å². The lowest BCUT2D eigenvalue weighted by Crippen LogP contribution is -2.32. The lowest BCUT2D eigenvalue weighted by atomic mass is 9.76. The maximum atomic E-state index is 13.4. The first-order chi connectivity index (χ1) is 15.7. The summed E-state index contributed by atoms with van der Waals surface area (Å²) in [4.78, 5) is 15.2. The summed E-state index contributed by atoms with van der Waals surface area (Å²) in [7, 11) is 1.70. The monoisotopic (exact) mass is 424 g/mol. The first kappa shape index (κ1) is 20.4. The minimum absolute atomic E-state index is 0.0370. The maximum Gasteiger partial charge on any atom is 0.258 e. The molecule has 32 heavy (non-hydrogen) atoms. The first-order valence-corrected chi connectivity index (χ1v) is 11.3. The van der Waals surface area contributed by atoms with Crippen LogP contribution in [0.1, 0.15) is 46.8 Å². The molecule has 3 atom stereocenters. The zero-order chi connectivity index (χ0) is 22.1. The second kappa shape index (κ2) is 8.54. The van der Waals surface area contributed by atoms with E-state index in [0.29, 0.717) is 18.4 Å². The summed E-state index contributed by atoms with van der Waals surface area (Å²) in [5.74, 6) is 1.62. The number of fused-ring (bicyclic) bond motifs is 3. The number of carbonyl (C=O) groups excluding carboxylic acids is 1. The SMILES string of the molecule is CCN(C(=O)c1ccc2c(c1)C1C=CCC1C(c1cccc(OC)c1)N2)c1ccccc1. The van der Waals surface area contributed by atoms with Crippen molar-refractivity contribution in [1.82, 2.24) is 0 Å². The molecular weight excluding hydrogens is 396 g/mol. The second-order valence-electron chi connectivity index (χ2n) is 8.44. The number of allylic oxidation sites excluding steroid dienone is 2. The normalized spacial score (nSPS) is 20.8. The molecule has 0 radical (unpaired) electrons. The van der Waals surface area contributed by atoms with Gasteiger partial charge in [0.25, 0.3) is 5.91 Å². The fourth-order valence-electron chi connectivity index (χ4n) is 5.10. The van der Waals surface area contributed by atoms with Crippen LogP contribution >= 0.6 is 0 Å². The summed E-state index contributed by atoms with van der Waals surface area (Å²) in [5.41, 5.74) is 5.19. The Morgan fingerprint density at radius 1 is 1.06 bits per heavy atom. The molecule has 3 unspecified atom stereocenters. The van der Waals surface area contributed by atoms with Crippen LogP contribution in [-0.2, 0) is 0 Å². The Hall–Kier alpha value is -3.53. The Balaban J connectivity index is 1.48. The van der Waals surface area contributed by atoms with Crippen molar-refractivity contribution in [3.05, 3.63) is 102 Å². The highest BCUT2D eigenvalue weighted by Gasteiger charge is 2.38. The topological polar surface area (TPSA) is 41.6 Å². The van der Waals surface area contributed by atoms with Gasteiger partial charge in [-0.15, -0.1) is 0 Å². The van der Waals surface area contributed by atoms with Crippen molar-refractivity contribution in [2.24, 2.45) is 5.92 Å². The Bertz CT molecular complexity index is 1160. The van der Waals surface area contributed by atoms with Crippen LogP contribution in [0, 0.1) is 5.92 Å². The molecule has 0 bridgehead atoms. The first-order valence-electron chi connectivity index (χ1n) is 11.3. The van der Waals surface area contributed by atoms with Crippen LogP contribution in [0.3, 0.4) is 0 Å². The molecule has 1 amide bonds. The van der Waals surface area contributed by atoms with Crippen LogP contribution in [-0.4, -0.2) is 19.6 Å². The largest absolute Gasteiger partial charge is 0.497 e. The van der Waals surface area contributed by atoms with Gasteiger partial charge in [-0.1, -0.05) is 42.5 Å². The number of ether oxygens (including phenoxy) is 1. The number of hydrogen-bond acceptors (Lipinski definition) is 3. The van der Waals surface area contributed by atoms with Crippen molar-refractivity contribution >= 4 is 17.3 Å². The fourth-order valence-corrected chi connectivity index (χ4v) is 5.10. The molecule has 0 fully saturated rings. The van der Waals surface area contributed by atoms with E-state index in [0.717, 1.165) is 29.1 Å². The number of hydrogen-bond donors (Lipinski definition) is 1. The summed E-state index contributed by atoms with van der Waals surface area (Å²) < 4.78 is 5.45. The summed E-state index contributed by atoms with van der Waals surface area (Å²) in [6.45, 7) is 2.64. The number of rotatable bonds is 5. The predicted octanol–water partition coefficient (Wildman–Crippen LogP) is 6.19. The smallest absolute Gasteiger partial charge is 0.258 e. The third-order valence-corrected chi connectivity index (χ3v) is 6.69. The maximum absolute atomic E-state index is 13.4. The van der Waals surface area contributed by atoms with E-state index in [1.807, 2.05) is 60.4 Å². The third kappa shape index (κ3) is 3.56. The van der Waals surface area contributed by atoms with E-state index < -0.39 is 0 Å². The summed E-state index contributed by atoms with van der Waals surface area (Å²) in [5, 5.41) is 3.76. The van der Waals surface area contributed by atoms with Crippen molar-refractivity contribution in [2.75, 3.05) is 23.9 Å². The molecule has 1 N–H and O–H groups in total. The molecule has 1 aliphatic heterocycles. The molecule has 162 valence electrons. The number of nitrogens with zero attached hydrogens (tertiary/aromatic N) is 1. The van der Waals surface area contributed by atoms with Gasteiger partial charge in [-0.05, 0) is 72.9 Å². The second-order valence-corrected chi connectivity index (χ2v) is 8.44. The van der Waals surface area contributed by atoms with Crippen LogP contribution in [0.2, 0.25) is 0 Å². The molecule has 0 spiro atoms. The average molecular weight is 425 g/mol. The van der Waals surface area contributed by atoms with Crippen LogP contribution in [0.25, 0.3) is 0 Å². The molecule has 5 rings (SSSR count). The molecule has 3 aromatic carbocycles. The van der Waals surface area contributed by atoms with Crippen molar-refractivity contribution in [3.8, 4) is 5.75 Å². The third-order valence-electron chi connectivity index (χ3n) is 6.69. The van der Waals surface area contributed by atoms with E-state index in [4.69, 9.17) is 4.74 Å². The van der Waals surface area contributed by atoms with Gasteiger partial charge in [0, 0.05) is 29.4 Å². The van der Waals surface area contributed by atoms with Gasteiger partial charge in [-0.2, -0.15) is 0 Å². The van der Waals surface area contributed by atoms with Crippen molar-refractivity contribution in [1.29, 1.82) is 0 Å². The predicted molar refractivity (Wildman–Crippen MR) is 130 cm³/mol. The number of benzene rings is 3. The summed E-state index contributed by atoms with van der Waals surface area (Å²) >= 11 is 0. The van der Waals surface area contributed by atoms with Gasteiger partial charge in [0.2, 0.25) is 0 Å². The number of carbonyl (C=O) groups is 1. The fraction of sp³-hybridized carbons (Fsp3) is 0.250. The average Bonchev–Trinajstić information content (AvgIpc) is 3.35. The zero-order valence-electron chi connectivity index (χ0n) is 18.5. The van der Waals surface area contributed by atoms with Crippen molar-refractivity contribution in [2.45, 2.75) is 25.3 Å². The van der Waals surface area contributed by atoms with Gasteiger partial charge < -0.3 is 15.0 Å². The van der Waals surface area contributed by atoms with Crippen LogP contribution in [0.15, 0.2) is 84.9 Å². The van der Waals surface area contributed by atoms with Gasteiger partial charge in [-0.25, -0.2) is 0 Å². The molecule has 2 aliphatic rings. The van der Waals surface area contributed by atoms with Gasteiger partial charge in [0.05, 0.1) is 13.2 Å². The summed E-state index contributed by atoms with van der Waals surface area (Å²) in [6.07, 6.45) is 5.60. The molecule has 0 aromatic heterocycles. The number of amides is 1. The van der Waals surface area contributed by atoms with E-state index in [9.17, 15) is 4.79 Å². The zero-order valence-corrected chi connectivity index (χ0v) is 18.5. The van der Waals surface area contributed by atoms with Crippen molar-refractivity contribution < 1.29 is 9.53 Å². The van der Waals surface area contributed by atoms with Gasteiger partial charge in [-0.3, -0.25) is 4.79 Å². The van der Waals surface area contributed by atoms with E-state index in [1.54, 1.807) is 7.11 Å². The quantitative estimate of drug-likeness (QED) is 0.497. The Labute approximate surface area is 189 Å². The van der Waals surface area contributed by atoms with E-state index >= 15 is 0 Å². The van der Waals surface area contributed by atoms with Crippen molar-refractivity contribution in [3.63, 3.8) is 0 Å². The minimum atomic E-state index is 0.0370. The van der Waals surface area contributed by atoms with Crippen LogP contribution < -0.4 is 15.0 Å². The molecule has 3 aromatic rings. The molecule has 1 heterocycles. The number of para-hydroxylation sites is 1. The number of nitrogens with one attached hydrogen (secondary N) is 1. The molecule has 4 nitrogen and oxygen atoms in total. The van der Waals surface area contributed by atoms with Gasteiger partial charge in [0.15, 0.2) is 0 Å². The minimum Gasteiger partial charge on any atom is -0.497 e. The molecular formula is C28H28N2O2. The lowest BCUT2D eigenvalue weighted by Gasteiger charge is -2.38. The highest BCUT2D eigenvalue weighted by molar-refractivity contribution is 6.06. The number of methoxy groups -OCH3 is 1. The summed E-state index contributed by atoms with van der Waals surface area (Å²) in [6, 6.07) is 24.5. The van der Waals surface area contributed by atoms with E-state index in [-0.39, 0.29) is 11.9 Å². The molecule has 0 saturated heterocycles. The van der Waals surface area contributed by atoms with Gasteiger partial charge in [0.1, 0.15) is 5.75 Å². The standard InChI is InChI=1S/C28H28N2O2/c1-3-30(21-10-5-4-6-11-21)28(31)20-15-16-26-25(18-20)23-13-8-14-24(23)27(29-26)19-9-7-12-22(17-19)32-2/h4-13,15-18,23-24,27,29H,3,14H2,1-2H3. The number of anilines is 2. The Morgan fingerprint density at radius 2 is 1.91 bits per heavy atom. The highest BCUT2D eigenvalue weighted by atomic mass is 16.5. The van der Waals surface area contributed by atoms with Crippen LogP contribution in [0.4, 0.5) is 11.4 Å². The molecule has 0 saturated carbocycles. The molecule has 1 aliphatic carbocycles. The Kier molecular flexibility index (Phi) is 5.44. The van der Waals surface area contributed by atoms with E-state index in [1.165, 1.54) is 11.1 Å². The lowest BCUT2D eigenvalue weighted by molar-refractivity contribution is 0.0988. The van der Waals surface area contributed by atoms with E-state index in [2.05, 4.69) is 41.7 Å². The molecule has 4 heteroatoms. The van der Waals surface area contributed by atoms with Crippen LogP contribution in [0.5, 0.6) is 5.75 Å². The highest BCUT2D eigenvalue weighted by Crippen LogP contribution is 2.50.